The number of nitrogens with zero attached hydrogens (tertiary/aromatic N) is 3. The first kappa shape index (κ1) is 17.4. The van der Waals surface area contributed by atoms with Crippen molar-refractivity contribution in [1.29, 1.82) is 0 Å². The van der Waals surface area contributed by atoms with Crippen LogP contribution in [0.5, 0.6) is 0 Å². The largest absolute Gasteiger partial charge is 0.340 e. The number of aryl methyl sites for hydroxylation is 1. The molecular weight excluding hydrogens is 298 g/mol. The molecule has 1 atom stereocenters. The predicted octanol–water partition coefficient (Wildman–Crippen LogP) is 2.54. The molecule has 1 aromatic carbocycles. The Kier molecular flexibility index (Phi) is 4.97. The van der Waals surface area contributed by atoms with E-state index in [0.717, 1.165) is 31.7 Å². The maximum absolute atomic E-state index is 13.2. The van der Waals surface area contributed by atoms with Crippen LogP contribution in [0.1, 0.15) is 36.4 Å². The molecule has 1 spiro atoms. The Morgan fingerprint density at radius 1 is 1.08 bits per heavy atom. The van der Waals surface area contributed by atoms with Crippen LogP contribution in [-0.4, -0.2) is 67.9 Å². The van der Waals surface area contributed by atoms with Gasteiger partial charge in [0.15, 0.2) is 0 Å². The smallest absolute Gasteiger partial charge is 0.244 e. The first-order valence-corrected chi connectivity index (χ1v) is 9.11. The number of benzene rings is 1. The van der Waals surface area contributed by atoms with Crippen molar-refractivity contribution in [3.8, 4) is 0 Å². The maximum Gasteiger partial charge on any atom is 0.244 e. The summed E-state index contributed by atoms with van der Waals surface area (Å²) in [5.74, 6) is 0.264. The molecule has 0 N–H and O–H groups in total. The van der Waals surface area contributed by atoms with Gasteiger partial charge in [-0.15, -0.1) is 0 Å². The van der Waals surface area contributed by atoms with Crippen molar-refractivity contribution in [3.63, 3.8) is 0 Å². The number of piperidine rings is 1. The molecule has 1 amide bonds. The Morgan fingerprint density at radius 2 is 1.67 bits per heavy atom. The van der Waals surface area contributed by atoms with Crippen LogP contribution in [0.2, 0.25) is 0 Å². The number of rotatable bonds is 3. The summed E-state index contributed by atoms with van der Waals surface area (Å²) in [4.78, 5) is 19.8. The van der Waals surface area contributed by atoms with E-state index in [1.54, 1.807) is 0 Å². The fourth-order valence-electron chi connectivity index (χ4n) is 4.21. The average Bonchev–Trinajstić information content (AvgIpc) is 2.96. The van der Waals surface area contributed by atoms with Gasteiger partial charge in [-0.25, -0.2) is 0 Å². The van der Waals surface area contributed by atoms with E-state index >= 15 is 0 Å². The summed E-state index contributed by atoms with van der Waals surface area (Å²) in [5, 5.41) is 0. The van der Waals surface area contributed by atoms with E-state index in [2.05, 4.69) is 48.0 Å². The van der Waals surface area contributed by atoms with Crippen molar-refractivity contribution >= 4 is 5.91 Å². The predicted molar refractivity (Wildman–Crippen MR) is 98.0 cm³/mol. The van der Waals surface area contributed by atoms with Gasteiger partial charge >= 0.3 is 0 Å². The molecule has 2 aliphatic rings. The van der Waals surface area contributed by atoms with Crippen molar-refractivity contribution in [1.82, 2.24) is 14.7 Å². The van der Waals surface area contributed by atoms with Gasteiger partial charge in [0, 0.05) is 13.1 Å². The molecule has 3 rings (SSSR count). The van der Waals surface area contributed by atoms with E-state index in [1.807, 2.05) is 19.0 Å². The van der Waals surface area contributed by atoms with Gasteiger partial charge in [0.25, 0.3) is 0 Å². The molecule has 24 heavy (non-hydrogen) atoms. The fourth-order valence-corrected chi connectivity index (χ4v) is 4.21. The van der Waals surface area contributed by atoms with Crippen LogP contribution < -0.4 is 0 Å². The lowest BCUT2D eigenvalue weighted by Crippen LogP contribution is -2.43. The van der Waals surface area contributed by atoms with Gasteiger partial charge in [-0.05, 0) is 71.4 Å². The third-order valence-corrected chi connectivity index (χ3v) is 5.94. The quantitative estimate of drug-likeness (QED) is 0.853. The van der Waals surface area contributed by atoms with Crippen LogP contribution >= 0.6 is 0 Å². The zero-order valence-corrected chi connectivity index (χ0v) is 15.6. The molecule has 4 heteroatoms. The van der Waals surface area contributed by atoms with E-state index in [0.29, 0.717) is 5.41 Å². The molecule has 2 saturated heterocycles. The van der Waals surface area contributed by atoms with Crippen LogP contribution in [0.3, 0.4) is 0 Å². The van der Waals surface area contributed by atoms with Crippen molar-refractivity contribution in [2.45, 2.75) is 32.2 Å². The maximum atomic E-state index is 13.2. The highest BCUT2D eigenvalue weighted by Crippen LogP contribution is 2.41. The van der Waals surface area contributed by atoms with Gasteiger partial charge in [0.2, 0.25) is 5.91 Å². The van der Waals surface area contributed by atoms with Crippen LogP contribution in [-0.2, 0) is 4.79 Å². The lowest BCUT2D eigenvalue weighted by Gasteiger charge is -2.38. The lowest BCUT2D eigenvalue weighted by atomic mass is 9.78. The summed E-state index contributed by atoms with van der Waals surface area (Å²) in [5.41, 5.74) is 2.70. The van der Waals surface area contributed by atoms with Gasteiger partial charge in [0.05, 0.1) is 0 Å². The molecule has 132 valence electrons. The lowest BCUT2D eigenvalue weighted by molar-refractivity contribution is -0.135. The number of hydrogen-bond acceptors (Lipinski definition) is 3. The van der Waals surface area contributed by atoms with Crippen molar-refractivity contribution in [2.75, 3.05) is 47.3 Å². The Labute approximate surface area is 146 Å². The minimum Gasteiger partial charge on any atom is -0.340 e. The van der Waals surface area contributed by atoms with Gasteiger partial charge in [-0.3, -0.25) is 9.69 Å². The van der Waals surface area contributed by atoms with Gasteiger partial charge < -0.3 is 9.80 Å². The van der Waals surface area contributed by atoms with Gasteiger partial charge in [-0.1, -0.05) is 29.8 Å². The summed E-state index contributed by atoms with van der Waals surface area (Å²) in [6.07, 6.45) is 3.62. The Hall–Kier alpha value is -1.39. The number of carbonyl (C=O) groups is 1. The zero-order valence-electron chi connectivity index (χ0n) is 15.6. The highest BCUT2D eigenvalue weighted by molar-refractivity contribution is 5.83. The minimum atomic E-state index is -0.174. The Morgan fingerprint density at radius 3 is 2.25 bits per heavy atom. The first-order valence-electron chi connectivity index (χ1n) is 9.11. The van der Waals surface area contributed by atoms with Crippen LogP contribution in [0.15, 0.2) is 24.3 Å². The van der Waals surface area contributed by atoms with Crippen LogP contribution in [0.4, 0.5) is 0 Å². The molecule has 4 nitrogen and oxygen atoms in total. The number of carbonyl (C=O) groups excluding carboxylic acids is 1. The molecule has 1 aromatic rings. The third-order valence-electron chi connectivity index (χ3n) is 5.94. The number of likely N-dealkylation sites (N-methyl/N-ethyl adjacent to an activating group) is 1. The van der Waals surface area contributed by atoms with E-state index in [-0.39, 0.29) is 11.9 Å². The SMILES string of the molecule is Cc1ccc([C@@H](C(=O)N2CCC3(CCN(C)CC3)C2)N(C)C)cc1. The summed E-state index contributed by atoms with van der Waals surface area (Å²) >= 11 is 0. The summed E-state index contributed by atoms with van der Waals surface area (Å²) < 4.78 is 0. The van der Waals surface area contributed by atoms with E-state index in [1.165, 1.54) is 24.8 Å². The summed E-state index contributed by atoms with van der Waals surface area (Å²) in [6, 6.07) is 8.22. The molecule has 0 radical (unpaired) electrons. The van der Waals surface area contributed by atoms with Crippen LogP contribution in [0, 0.1) is 12.3 Å². The van der Waals surface area contributed by atoms with Gasteiger partial charge in [0.1, 0.15) is 6.04 Å². The zero-order chi connectivity index (χ0) is 17.3. The minimum absolute atomic E-state index is 0.174. The Bertz CT molecular complexity index is 573. The monoisotopic (exact) mass is 329 g/mol. The molecule has 0 bridgehead atoms. The molecule has 0 unspecified atom stereocenters. The second kappa shape index (κ2) is 6.85. The van der Waals surface area contributed by atoms with Crippen molar-refractivity contribution in [3.05, 3.63) is 35.4 Å². The molecule has 0 aliphatic carbocycles. The third kappa shape index (κ3) is 3.50. The van der Waals surface area contributed by atoms with E-state index in [4.69, 9.17) is 0 Å². The topological polar surface area (TPSA) is 26.8 Å². The Balaban J connectivity index is 1.73. The summed E-state index contributed by atoms with van der Waals surface area (Å²) in [6.45, 7) is 6.27. The first-order chi connectivity index (χ1) is 11.4. The highest BCUT2D eigenvalue weighted by Gasteiger charge is 2.43. The van der Waals surface area contributed by atoms with Crippen LogP contribution in [0.25, 0.3) is 0 Å². The molecule has 2 aliphatic heterocycles. The molecule has 2 heterocycles. The number of likely N-dealkylation sites (tertiary alicyclic amines) is 2. The van der Waals surface area contributed by atoms with Crippen molar-refractivity contribution in [2.24, 2.45) is 5.41 Å². The number of amides is 1. The molecular formula is C20H31N3O. The van der Waals surface area contributed by atoms with Crippen molar-refractivity contribution < 1.29 is 4.79 Å². The highest BCUT2D eigenvalue weighted by atomic mass is 16.2. The van der Waals surface area contributed by atoms with E-state index < -0.39 is 0 Å². The van der Waals surface area contributed by atoms with E-state index in [9.17, 15) is 4.79 Å². The number of hydrogen-bond donors (Lipinski definition) is 0. The normalized spacial score (nSPS) is 22.3. The average molecular weight is 329 g/mol. The molecule has 2 fully saturated rings. The second-order valence-corrected chi connectivity index (χ2v) is 8.09. The molecule has 0 aromatic heterocycles. The fraction of sp³-hybridized carbons (Fsp3) is 0.650. The second-order valence-electron chi connectivity index (χ2n) is 8.09. The molecule has 0 saturated carbocycles. The van der Waals surface area contributed by atoms with Gasteiger partial charge in [-0.2, -0.15) is 0 Å². The standard InChI is InChI=1S/C20H31N3O/c1-16-5-7-17(8-6-16)18(21(2)3)19(24)23-14-11-20(15-23)9-12-22(4)13-10-20/h5-8,18H,9-15H2,1-4H3/t18-/m0/s1. The summed E-state index contributed by atoms with van der Waals surface area (Å²) in [7, 11) is 6.21.